The van der Waals surface area contributed by atoms with Crippen molar-refractivity contribution in [1.82, 2.24) is 10.2 Å². The average molecular weight is 300 g/mol. The number of urea groups is 1. The molecule has 7 nitrogen and oxygen atoms in total. The number of aliphatic hydroxyl groups excluding tert-OH is 1. The molecule has 21 heavy (non-hydrogen) atoms. The number of aliphatic carboxylic acids is 1. The second-order valence-corrected chi connectivity index (χ2v) is 6.22. The Bertz CT molecular complexity index is 397. The molecule has 0 spiro atoms. The number of carboxylic acid groups (broad SMARTS) is 1. The lowest BCUT2D eigenvalue weighted by Gasteiger charge is -2.42. The number of ether oxygens (including phenoxy) is 1. The van der Waals surface area contributed by atoms with Crippen LogP contribution in [0.1, 0.15) is 32.6 Å². The number of morpholine rings is 1. The van der Waals surface area contributed by atoms with Crippen molar-refractivity contribution in [3.63, 3.8) is 0 Å². The highest BCUT2D eigenvalue weighted by atomic mass is 16.5. The van der Waals surface area contributed by atoms with Crippen LogP contribution in [0.5, 0.6) is 0 Å². The molecule has 2 fully saturated rings. The fourth-order valence-corrected chi connectivity index (χ4v) is 2.99. The normalized spacial score (nSPS) is 27.8. The number of carbonyl (C=O) groups excluding carboxylic acids is 1. The van der Waals surface area contributed by atoms with E-state index in [-0.39, 0.29) is 36.6 Å². The molecule has 0 bridgehead atoms. The lowest BCUT2D eigenvalue weighted by atomic mass is 9.66. The van der Waals surface area contributed by atoms with Gasteiger partial charge in [-0.25, -0.2) is 4.79 Å². The summed E-state index contributed by atoms with van der Waals surface area (Å²) in [4.78, 5) is 24.8. The van der Waals surface area contributed by atoms with Crippen LogP contribution >= 0.6 is 0 Å². The molecular weight excluding hydrogens is 276 g/mol. The Morgan fingerprint density at radius 1 is 1.43 bits per heavy atom. The SMILES string of the molecule is CC1COC(CO)CN1C(=O)NCC1(CC(=O)O)CCC1. The number of rotatable bonds is 5. The summed E-state index contributed by atoms with van der Waals surface area (Å²) in [7, 11) is 0. The Balaban J connectivity index is 1.87. The van der Waals surface area contributed by atoms with E-state index in [2.05, 4.69) is 5.32 Å². The van der Waals surface area contributed by atoms with Crippen LogP contribution < -0.4 is 5.32 Å². The standard InChI is InChI=1S/C14H24N2O5/c1-10-8-21-11(7-17)6-16(10)13(20)15-9-14(3-2-4-14)5-12(18)19/h10-11,17H,2-9H2,1H3,(H,15,20)(H,18,19). The van der Waals surface area contributed by atoms with Gasteiger partial charge in [0.2, 0.25) is 0 Å². The van der Waals surface area contributed by atoms with Gasteiger partial charge in [0.1, 0.15) is 0 Å². The van der Waals surface area contributed by atoms with E-state index >= 15 is 0 Å². The van der Waals surface area contributed by atoms with E-state index in [0.29, 0.717) is 19.7 Å². The zero-order valence-corrected chi connectivity index (χ0v) is 12.4. The molecule has 2 amide bonds. The highest BCUT2D eigenvalue weighted by Gasteiger charge is 2.40. The van der Waals surface area contributed by atoms with E-state index in [1.165, 1.54) is 0 Å². The molecule has 0 aromatic carbocycles. The number of nitrogens with zero attached hydrogens (tertiary/aromatic N) is 1. The predicted molar refractivity (Wildman–Crippen MR) is 74.9 cm³/mol. The van der Waals surface area contributed by atoms with Crippen molar-refractivity contribution in [2.45, 2.75) is 44.8 Å². The number of carboxylic acids is 1. The zero-order chi connectivity index (χ0) is 15.5. The van der Waals surface area contributed by atoms with Gasteiger partial charge >= 0.3 is 12.0 Å². The van der Waals surface area contributed by atoms with Gasteiger partial charge < -0.3 is 25.2 Å². The Kier molecular flexibility index (Phi) is 5.05. The van der Waals surface area contributed by atoms with Gasteiger partial charge in [0.25, 0.3) is 0 Å². The topological polar surface area (TPSA) is 99.1 Å². The van der Waals surface area contributed by atoms with E-state index in [1.807, 2.05) is 6.92 Å². The Morgan fingerprint density at radius 2 is 2.14 bits per heavy atom. The van der Waals surface area contributed by atoms with Crippen LogP contribution in [0.4, 0.5) is 4.79 Å². The van der Waals surface area contributed by atoms with E-state index in [9.17, 15) is 9.59 Å². The molecule has 120 valence electrons. The minimum absolute atomic E-state index is 0.0513. The van der Waals surface area contributed by atoms with Crippen molar-refractivity contribution in [3.8, 4) is 0 Å². The Morgan fingerprint density at radius 3 is 2.67 bits per heavy atom. The number of amides is 2. The van der Waals surface area contributed by atoms with Crippen LogP contribution in [-0.4, -0.2) is 65.6 Å². The number of hydrogen-bond acceptors (Lipinski definition) is 4. The van der Waals surface area contributed by atoms with Gasteiger partial charge in [0.05, 0.1) is 38.3 Å². The maximum Gasteiger partial charge on any atom is 0.317 e. The largest absolute Gasteiger partial charge is 0.481 e. The first-order chi connectivity index (χ1) is 9.96. The molecule has 2 rings (SSSR count). The first-order valence-electron chi connectivity index (χ1n) is 7.44. The molecule has 0 aromatic rings. The molecule has 1 saturated heterocycles. The highest BCUT2D eigenvalue weighted by molar-refractivity contribution is 5.75. The number of nitrogens with one attached hydrogen (secondary N) is 1. The van der Waals surface area contributed by atoms with E-state index in [0.717, 1.165) is 19.3 Å². The molecule has 0 radical (unpaired) electrons. The summed E-state index contributed by atoms with van der Waals surface area (Å²) in [6, 6.07) is -0.259. The average Bonchev–Trinajstić information content (AvgIpc) is 2.41. The first-order valence-corrected chi connectivity index (χ1v) is 7.44. The van der Waals surface area contributed by atoms with Crippen LogP contribution in [0.3, 0.4) is 0 Å². The van der Waals surface area contributed by atoms with Crippen molar-refractivity contribution < 1.29 is 24.5 Å². The van der Waals surface area contributed by atoms with Crippen LogP contribution in [0.15, 0.2) is 0 Å². The summed E-state index contributed by atoms with van der Waals surface area (Å²) in [5.74, 6) is -0.816. The molecule has 1 aliphatic carbocycles. The molecule has 1 heterocycles. The fraction of sp³-hybridized carbons (Fsp3) is 0.857. The summed E-state index contributed by atoms with van der Waals surface area (Å²) >= 11 is 0. The van der Waals surface area contributed by atoms with Crippen LogP contribution in [-0.2, 0) is 9.53 Å². The van der Waals surface area contributed by atoms with Crippen LogP contribution in [0.25, 0.3) is 0 Å². The molecule has 2 unspecified atom stereocenters. The Hall–Kier alpha value is -1.34. The Labute approximate surface area is 124 Å². The van der Waals surface area contributed by atoms with Gasteiger partial charge in [-0.1, -0.05) is 6.42 Å². The van der Waals surface area contributed by atoms with Gasteiger partial charge in [-0.2, -0.15) is 0 Å². The van der Waals surface area contributed by atoms with Crippen LogP contribution in [0.2, 0.25) is 0 Å². The molecule has 2 atom stereocenters. The van der Waals surface area contributed by atoms with Gasteiger partial charge in [0.15, 0.2) is 0 Å². The second kappa shape index (κ2) is 6.62. The molecule has 1 saturated carbocycles. The minimum atomic E-state index is -0.816. The van der Waals surface area contributed by atoms with Crippen molar-refractivity contribution in [3.05, 3.63) is 0 Å². The van der Waals surface area contributed by atoms with Gasteiger partial charge in [-0.05, 0) is 25.2 Å². The monoisotopic (exact) mass is 300 g/mol. The van der Waals surface area contributed by atoms with Gasteiger partial charge in [-0.15, -0.1) is 0 Å². The summed E-state index contributed by atoms with van der Waals surface area (Å²) in [5.41, 5.74) is -0.284. The number of hydrogen-bond donors (Lipinski definition) is 3. The maximum atomic E-state index is 12.3. The number of carbonyl (C=O) groups is 2. The van der Waals surface area contributed by atoms with Crippen molar-refractivity contribution >= 4 is 12.0 Å². The first kappa shape index (κ1) is 16.0. The van der Waals surface area contributed by atoms with Gasteiger partial charge in [0, 0.05) is 6.54 Å². The second-order valence-electron chi connectivity index (χ2n) is 6.22. The minimum Gasteiger partial charge on any atom is -0.481 e. The third-order valence-corrected chi connectivity index (χ3v) is 4.53. The van der Waals surface area contributed by atoms with Gasteiger partial charge in [-0.3, -0.25) is 4.79 Å². The van der Waals surface area contributed by atoms with Crippen LogP contribution in [0, 0.1) is 5.41 Å². The van der Waals surface area contributed by atoms with E-state index in [4.69, 9.17) is 14.9 Å². The maximum absolute atomic E-state index is 12.3. The molecule has 2 aliphatic rings. The zero-order valence-electron chi connectivity index (χ0n) is 12.4. The third kappa shape index (κ3) is 3.85. The summed E-state index contributed by atoms with van der Waals surface area (Å²) in [6.45, 7) is 2.93. The third-order valence-electron chi connectivity index (χ3n) is 4.53. The van der Waals surface area contributed by atoms with E-state index in [1.54, 1.807) is 4.90 Å². The molecule has 3 N–H and O–H groups in total. The molecular formula is C14H24N2O5. The molecule has 7 heteroatoms. The van der Waals surface area contributed by atoms with Crippen molar-refractivity contribution in [2.75, 3.05) is 26.3 Å². The lowest BCUT2D eigenvalue weighted by Crippen LogP contribution is -2.56. The predicted octanol–water partition coefficient (Wildman–Crippen LogP) is 0.423. The fourth-order valence-electron chi connectivity index (χ4n) is 2.99. The lowest BCUT2D eigenvalue weighted by molar-refractivity contribution is -0.141. The smallest absolute Gasteiger partial charge is 0.317 e. The quantitative estimate of drug-likeness (QED) is 0.683. The molecule has 0 aromatic heterocycles. The summed E-state index contributed by atoms with van der Waals surface area (Å²) < 4.78 is 5.40. The number of aliphatic hydroxyl groups is 1. The van der Waals surface area contributed by atoms with Crippen molar-refractivity contribution in [2.24, 2.45) is 5.41 Å². The summed E-state index contributed by atoms with van der Waals surface area (Å²) in [5, 5.41) is 21.0. The van der Waals surface area contributed by atoms with Crippen molar-refractivity contribution in [1.29, 1.82) is 0 Å². The summed E-state index contributed by atoms with van der Waals surface area (Å²) in [6.07, 6.45) is 2.47. The van der Waals surface area contributed by atoms with E-state index < -0.39 is 5.97 Å². The molecule has 1 aliphatic heterocycles. The highest BCUT2D eigenvalue weighted by Crippen LogP contribution is 2.43.